The number of aromatic nitrogens is 1. The van der Waals surface area contributed by atoms with Crippen molar-refractivity contribution in [3.63, 3.8) is 0 Å². The number of hydrogen-bond acceptors (Lipinski definition) is 3. The lowest BCUT2D eigenvalue weighted by Crippen LogP contribution is -2.17. The predicted octanol–water partition coefficient (Wildman–Crippen LogP) is 2.46. The Morgan fingerprint density at radius 1 is 1.13 bits per heavy atom. The number of benzene rings is 2. The Bertz CT molecular complexity index is 944. The number of nitrogens with zero attached hydrogens (tertiary/aromatic N) is 1. The first-order valence-corrected chi connectivity index (χ1v) is 7.71. The topological polar surface area (TPSA) is 77.1 Å². The van der Waals surface area contributed by atoms with Crippen molar-refractivity contribution in [3.05, 3.63) is 52.7 Å². The monoisotopic (exact) mass is 309 g/mol. The molecule has 23 heavy (non-hydrogen) atoms. The van der Waals surface area contributed by atoms with E-state index in [9.17, 15) is 9.59 Å². The number of rotatable bonds is 4. The average Bonchev–Trinajstić information content (AvgIpc) is 2.56. The summed E-state index contributed by atoms with van der Waals surface area (Å²) in [5, 5.41) is 4.08. The molecule has 1 heterocycles. The van der Waals surface area contributed by atoms with Gasteiger partial charge in [-0.1, -0.05) is 12.1 Å². The van der Waals surface area contributed by atoms with E-state index in [-0.39, 0.29) is 17.8 Å². The maximum absolute atomic E-state index is 12.8. The number of hydrogen-bond donors (Lipinski definition) is 2. The first kappa shape index (κ1) is 15.2. The molecule has 118 valence electrons. The van der Waals surface area contributed by atoms with Gasteiger partial charge in [-0.05, 0) is 37.3 Å². The van der Waals surface area contributed by atoms with Crippen molar-refractivity contribution >= 4 is 33.4 Å². The van der Waals surface area contributed by atoms with Crippen LogP contribution in [0.5, 0.6) is 0 Å². The third kappa shape index (κ3) is 2.71. The van der Waals surface area contributed by atoms with E-state index in [0.717, 1.165) is 17.6 Å². The van der Waals surface area contributed by atoms with Gasteiger partial charge < -0.3 is 15.6 Å². The van der Waals surface area contributed by atoms with Gasteiger partial charge in [-0.15, -0.1) is 0 Å². The number of aryl methyl sites for hydroxylation is 1. The highest BCUT2D eigenvalue weighted by molar-refractivity contribution is 5.97. The fraction of sp³-hybridized carbons (Fsp3) is 0.222. The minimum Gasteiger partial charge on any atom is -0.341 e. The van der Waals surface area contributed by atoms with Gasteiger partial charge in [0.05, 0.1) is 11.0 Å². The highest BCUT2D eigenvalue weighted by Gasteiger charge is 2.11. The van der Waals surface area contributed by atoms with Crippen LogP contribution in [0.1, 0.15) is 13.3 Å². The summed E-state index contributed by atoms with van der Waals surface area (Å²) in [7, 11) is 0. The van der Waals surface area contributed by atoms with Crippen molar-refractivity contribution in [2.45, 2.75) is 19.9 Å². The van der Waals surface area contributed by atoms with Crippen molar-refractivity contribution in [2.75, 3.05) is 11.9 Å². The van der Waals surface area contributed by atoms with E-state index in [0.29, 0.717) is 23.0 Å². The average molecular weight is 309 g/mol. The molecular formula is C18H19N3O2. The summed E-state index contributed by atoms with van der Waals surface area (Å²) in [6.45, 7) is 3.11. The van der Waals surface area contributed by atoms with Crippen molar-refractivity contribution in [1.82, 2.24) is 4.57 Å². The summed E-state index contributed by atoms with van der Waals surface area (Å²) in [6.07, 6.45) is 0.259. The maximum Gasteiger partial charge on any atom is 0.225 e. The molecule has 3 aromatic rings. The van der Waals surface area contributed by atoms with E-state index in [2.05, 4.69) is 9.88 Å². The Kier molecular flexibility index (Phi) is 4.12. The lowest BCUT2D eigenvalue weighted by atomic mass is 10.1. The largest absolute Gasteiger partial charge is 0.341 e. The number of amides is 1. The fourth-order valence-corrected chi connectivity index (χ4v) is 2.90. The summed E-state index contributed by atoms with van der Waals surface area (Å²) >= 11 is 0. The van der Waals surface area contributed by atoms with Gasteiger partial charge in [-0.3, -0.25) is 9.59 Å². The van der Waals surface area contributed by atoms with Crippen molar-refractivity contribution in [2.24, 2.45) is 5.73 Å². The van der Waals surface area contributed by atoms with E-state index >= 15 is 0 Å². The van der Waals surface area contributed by atoms with Gasteiger partial charge in [-0.2, -0.15) is 0 Å². The number of carbonyl (C=O) groups is 1. The molecule has 0 spiro atoms. The van der Waals surface area contributed by atoms with Gasteiger partial charge in [0.25, 0.3) is 0 Å². The quantitative estimate of drug-likeness (QED) is 0.727. The molecule has 0 fully saturated rings. The zero-order valence-corrected chi connectivity index (χ0v) is 13.0. The number of carbonyl (C=O) groups excluding carboxylic acids is 1. The Morgan fingerprint density at radius 2 is 1.87 bits per heavy atom. The van der Waals surface area contributed by atoms with Crippen LogP contribution in [0.25, 0.3) is 21.8 Å². The molecule has 0 atom stereocenters. The SMILES string of the molecule is CCn1c2ccccc2c(=O)c2cc(NC(=O)CCN)ccc21. The molecule has 5 nitrogen and oxygen atoms in total. The molecular weight excluding hydrogens is 290 g/mol. The van der Waals surface area contributed by atoms with Crippen molar-refractivity contribution < 1.29 is 4.79 Å². The molecule has 2 aromatic carbocycles. The molecule has 0 unspecified atom stereocenters. The number of nitrogens with two attached hydrogens (primary N) is 1. The van der Waals surface area contributed by atoms with Crippen LogP contribution >= 0.6 is 0 Å². The molecule has 0 aliphatic rings. The number of fused-ring (bicyclic) bond motifs is 2. The molecule has 1 amide bonds. The van der Waals surface area contributed by atoms with Crippen LogP contribution in [0.4, 0.5) is 5.69 Å². The van der Waals surface area contributed by atoms with Crippen LogP contribution in [0.2, 0.25) is 0 Å². The predicted molar refractivity (Wildman–Crippen MR) is 93.7 cm³/mol. The molecule has 0 aliphatic heterocycles. The summed E-state index contributed by atoms with van der Waals surface area (Å²) in [5.74, 6) is -0.150. The number of anilines is 1. The van der Waals surface area contributed by atoms with Crippen LogP contribution in [0.15, 0.2) is 47.3 Å². The summed E-state index contributed by atoms with van der Waals surface area (Å²) in [5.41, 5.74) is 7.77. The Labute approximate surface area is 133 Å². The second kappa shape index (κ2) is 6.22. The van der Waals surface area contributed by atoms with E-state index < -0.39 is 0 Å². The maximum atomic E-state index is 12.8. The summed E-state index contributed by atoms with van der Waals surface area (Å²) in [4.78, 5) is 24.5. The van der Waals surface area contributed by atoms with Crippen LogP contribution in [-0.2, 0) is 11.3 Å². The molecule has 0 bridgehead atoms. The molecule has 0 saturated heterocycles. The minimum absolute atomic E-state index is 0.0183. The molecule has 0 saturated carbocycles. The smallest absolute Gasteiger partial charge is 0.225 e. The van der Waals surface area contributed by atoms with Gasteiger partial charge in [0.1, 0.15) is 0 Å². The number of nitrogens with one attached hydrogen (secondary N) is 1. The molecule has 1 aromatic heterocycles. The van der Waals surface area contributed by atoms with Crippen molar-refractivity contribution in [1.29, 1.82) is 0 Å². The van der Waals surface area contributed by atoms with E-state index in [1.807, 2.05) is 43.3 Å². The van der Waals surface area contributed by atoms with E-state index in [1.165, 1.54) is 0 Å². The van der Waals surface area contributed by atoms with Gasteiger partial charge in [-0.25, -0.2) is 0 Å². The van der Waals surface area contributed by atoms with Crippen LogP contribution in [0.3, 0.4) is 0 Å². The highest BCUT2D eigenvalue weighted by Crippen LogP contribution is 2.22. The molecule has 0 radical (unpaired) electrons. The summed E-state index contributed by atoms with van der Waals surface area (Å²) in [6, 6.07) is 13.0. The highest BCUT2D eigenvalue weighted by atomic mass is 16.1. The molecule has 3 N–H and O–H groups in total. The van der Waals surface area contributed by atoms with Gasteiger partial charge in [0, 0.05) is 36.0 Å². The third-order valence-corrected chi connectivity index (χ3v) is 3.94. The Morgan fingerprint density at radius 3 is 2.61 bits per heavy atom. The van der Waals surface area contributed by atoms with E-state index in [4.69, 9.17) is 5.73 Å². The molecule has 5 heteroatoms. The van der Waals surface area contributed by atoms with Crippen LogP contribution < -0.4 is 16.5 Å². The molecule has 3 rings (SSSR count). The standard InChI is InChI=1S/C18H19N3O2/c1-2-21-15-6-4-3-5-13(15)18(23)14-11-12(7-8-16(14)21)20-17(22)9-10-19/h3-8,11H,2,9-10,19H2,1H3,(H,20,22). The zero-order chi connectivity index (χ0) is 16.4. The van der Waals surface area contributed by atoms with Gasteiger partial charge >= 0.3 is 0 Å². The first-order chi connectivity index (χ1) is 11.2. The van der Waals surface area contributed by atoms with Crippen LogP contribution in [-0.4, -0.2) is 17.0 Å². The van der Waals surface area contributed by atoms with Crippen molar-refractivity contribution in [3.8, 4) is 0 Å². The number of para-hydroxylation sites is 1. The Balaban J connectivity index is 2.23. The zero-order valence-electron chi connectivity index (χ0n) is 13.0. The lowest BCUT2D eigenvalue weighted by molar-refractivity contribution is -0.116. The van der Waals surface area contributed by atoms with Gasteiger partial charge in [0.2, 0.25) is 5.91 Å². The fourth-order valence-electron chi connectivity index (χ4n) is 2.90. The number of pyridine rings is 1. The summed E-state index contributed by atoms with van der Waals surface area (Å²) < 4.78 is 2.11. The second-order valence-corrected chi connectivity index (χ2v) is 5.41. The lowest BCUT2D eigenvalue weighted by Gasteiger charge is -2.14. The Hall–Kier alpha value is -2.66. The van der Waals surface area contributed by atoms with E-state index in [1.54, 1.807) is 6.07 Å². The normalized spacial score (nSPS) is 11.0. The van der Waals surface area contributed by atoms with Crippen LogP contribution in [0, 0.1) is 0 Å². The molecule has 0 aliphatic carbocycles. The first-order valence-electron chi connectivity index (χ1n) is 7.71. The van der Waals surface area contributed by atoms with Gasteiger partial charge in [0.15, 0.2) is 5.43 Å². The minimum atomic E-state index is -0.150. The third-order valence-electron chi connectivity index (χ3n) is 3.94. The second-order valence-electron chi connectivity index (χ2n) is 5.41.